The number of hydrogen-bond acceptors (Lipinski definition) is 3. The van der Waals surface area contributed by atoms with Gasteiger partial charge in [0.1, 0.15) is 5.54 Å². The van der Waals surface area contributed by atoms with E-state index in [0.29, 0.717) is 12.1 Å². The topological polar surface area (TPSA) is 54.0 Å². The minimum atomic E-state index is -4.35. The molecule has 2 aliphatic rings. The van der Waals surface area contributed by atoms with Crippen LogP contribution in [0, 0.1) is 6.92 Å². The molecule has 7 heteroatoms. The van der Waals surface area contributed by atoms with Crippen LogP contribution >= 0.6 is 0 Å². The average molecular weight is 375 g/mol. The zero-order chi connectivity index (χ0) is 19.2. The largest absolute Gasteiger partial charge is 0.416 e. The highest BCUT2D eigenvalue weighted by Crippen LogP contribution is 2.38. The summed E-state index contributed by atoms with van der Waals surface area (Å²) in [7, 11) is 0. The van der Waals surface area contributed by atoms with Crippen molar-refractivity contribution in [2.45, 2.75) is 43.9 Å². The van der Waals surface area contributed by atoms with Crippen LogP contribution in [0.3, 0.4) is 0 Å². The molecule has 2 aliphatic heterocycles. The van der Waals surface area contributed by atoms with Crippen molar-refractivity contribution in [1.82, 2.24) is 15.6 Å². The van der Waals surface area contributed by atoms with Crippen molar-refractivity contribution in [3.63, 3.8) is 0 Å². The Kier molecular flexibility index (Phi) is 4.22. The van der Waals surface area contributed by atoms with E-state index in [-0.39, 0.29) is 11.9 Å². The third kappa shape index (κ3) is 3.32. The third-order valence-electron chi connectivity index (χ3n) is 5.46. The molecular weight excluding hydrogens is 355 g/mol. The molecule has 2 aromatic rings. The smallest absolute Gasteiger partial charge is 0.354 e. The maximum absolute atomic E-state index is 12.8. The van der Waals surface area contributed by atoms with Crippen LogP contribution in [0.2, 0.25) is 0 Å². The fourth-order valence-corrected chi connectivity index (χ4v) is 4.03. The first-order chi connectivity index (χ1) is 12.8. The second kappa shape index (κ2) is 6.34. The van der Waals surface area contributed by atoms with E-state index in [1.807, 2.05) is 19.1 Å². The Morgan fingerprint density at radius 3 is 2.48 bits per heavy atom. The number of amides is 1. The lowest BCUT2D eigenvalue weighted by Gasteiger charge is -2.22. The summed E-state index contributed by atoms with van der Waals surface area (Å²) in [5, 5.41) is 6.32. The predicted octanol–water partition coefficient (Wildman–Crippen LogP) is 3.76. The van der Waals surface area contributed by atoms with Crippen LogP contribution in [0.1, 0.15) is 42.3 Å². The Balaban J connectivity index is 1.62. The summed E-state index contributed by atoms with van der Waals surface area (Å²) in [5.74, 6) is 0.0422. The number of aryl methyl sites for hydroxylation is 1. The Labute approximate surface area is 155 Å². The molecule has 0 saturated carbocycles. The van der Waals surface area contributed by atoms with Gasteiger partial charge in [-0.3, -0.25) is 15.1 Å². The maximum atomic E-state index is 12.8. The fourth-order valence-electron chi connectivity index (χ4n) is 4.03. The Hall–Kier alpha value is -2.41. The van der Waals surface area contributed by atoms with Crippen LogP contribution in [-0.4, -0.2) is 23.0 Å². The highest BCUT2D eigenvalue weighted by molar-refractivity contribution is 5.88. The van der Waals surface area contributed by atoms with Crippen LogP contribution in [0.5, 0.6) is 0 Å². The SMILES string of the molecule is Cc1cc(-c2ccc(C(F)(F)F)cc2)cc(C2CCC3(CCNC3=O)N2)n1. The molecule has 4 nitrogen and oxygen atoms in total. The Morgan fingerprint density at radius 1 is 1.11 bits per heavy atom. The predicted molar refractivity (Wildman–Crippen MR) is 94.9 cm³/mol. The number of aromatic nitrogens is 1. The molecule has 3 heterocycles. The summed E-state index contributed by atoms with van der Waals surface area (Å²) >= 11 is 0. The van der Waals surface area contributed by atoms with Crippen molar-refractivity contribution in [2.24, 2.45) is 0 Å². The molecule has 27 heavy (non-hydrogen) atoms. The second-order valence-electron chi connectivity index (χ2n) is 7.32. The van der Waals surface area contributed by atoms with Gasteiger partial charge in [-0.15, -0.1) is 0 Å². The van der Waals surface area contributed by atoms with Crippen LogP contribution < -0.4 is 10.6 Å². The van der Waals surface area contributed by atoms with Crippen LogP contribution in [0.25, 0.3) is 11.1 Å². The van der Waals surface area contributed by atoms with Gasteiger partial charge < -0.3 is 5.32 Å². The number of benzene rings is 1. The van der Waals surface area contributed by atoms with Crippen LogP contribution in [0.4, 0.5) is 13.2 Å². The molecule has 2 unspecified atom stereocenters. The quantitative estimate of drug-likeness (QED) is 0.840. The van der Waals surface area contributed by atoms with Crippen molar-refractivity contribution >= 4 is 5.91 Å². The Morgan fingerprint density at radius 2 is 1.85 bits per heavy atom. The minimum absolute atomic E-state index is 0.0399. The number of hydrogen-bond donors (Lipinski definition) is 2. The summed E-state index contributed by atoms with van der Waals surface area (Å²) in [6, 6.07) is 8.87. The van der Waals surface area contributed by atoms with Crippen molar-refractivity contribution in [1.29, 1.82) is 0 Å². The number of carbonyl (C=O) groups is 1. The van der Waals surface area contributed by atoms with Crippen molar-refractivity contribution in [3.8, 4) is 11.1 Å². The third-order valence-corrected chi connectivity index (χ3v) is 5.46. The number of pyridine rings is 1. The first-order valence-corrected chi connectivity index (χ1v) is 8.99. The Bertz CT molecular complexity index is 879. The van der Waals surface area contributed by atoms with E-state index in [0.717, 1.165) is 48.3 Å². The van der Waals surface area contributed by atoms with E-state index < -0.39 is 17.3 Å². The molecule has 2 atom stereocenters. The molecule has 0 radical (unpaired) electrons. The second-order valence-corrected chi connectivity index (χ2v) is 7.32. The van der Waals surface area contributed by atoms with Gasteiger partial charge in [0.15, 0.2) is 0 Å². The molecule has 0 bridgehead atoms. The summed E-state index contributed by atoms with van der Waals surface area (Å²) in [5.41, 5.74) is 1.97. The number of rotatable bonds is 2. The van der Waals surface area contributed by atoms with E-state index in [2.05, 4.69) is 15.6 Å². The van der Waals surface area contributed by atoms with E-state index >= 15 is 0 Å². The van der Waals surface area contributed by atoms with Gasteiger partial charge >= 0.3 is 6.18 Å². The molecule has 0 aliphatic carbocycles. The van der Waals surface area contributed by atoms with E-state index in [1.54, 1.807) is 0 Å². The van der Waals surface area contributed by atoms with Gasteiger partial charge in [0, 0.05) is 12.2 Å². The molecular formula is C20H20F3N3O. The molecule has 4 rings (SSSR count). The van der Waals surface area contributed by atoms with Crippen LogP contribution in [0.15, 0.2) is 36.4 Å². The summed E-state index contributed by atoms with van der Waals surface area (Å²) in [6.45, 7) is 2.54. The molecule has 2 fully saturated rings. The normalized spacial score (nSPS) is 25.2. The van der Waals surface area contributed by atoms with Crippen LogP contribution in [-0.2, 0) is 11.0 Å². The number of alkyl halides is 3. The number of nitrogens with zero attached hydrogens (tertiary/aromatic N) is 1. The molecule has 1 aromatic heterocycles. The highest BCUT2D eigenvalue weighted by atomic mass is 19.4. The molecule has 2 N–H and O–H groups in total. The van der Waals surface area contributed by atoms with E-state index in [1.165, 1.54) is 12.1 Å². The monoisotopic (exact) mass is 375 g/mol. The highest BCUT2D eigenvalue weighted by Gasteiger charge is 2.48. The maximum Gasteiger partial charge on any atom is 0.416 e. The van der Waals surface area contributed by atoms with Gasteiger partial charge in [-0.25, -0.2) is 0 Å². The zero-order valence-electron chi connectivity index (χ0n) is 14.9. The average Bonchev–Trinajstić information content (AvgIpc) is 3.21. The number of carbonyl (C=O) groups excluding carboxylic acids is 1. The van der Waals surface area contributed by atoms with Crippen molar-refractivity contribution in [2.75, 3.05) is 6.54 Å². The lowest BCUT2D eigenvalue weighted by molar-refractivity contribution is -0.137. The number of halogens is 3. The summed E-state index contributed by atoms with van der Waals surface area (Å²) < 4.78 is 38.3. The zero-order valence-corrected chi connectivity index (χ0v) is 14.9. The molecule has 1 spiro atoms. The van der Waals surface area contributed by atoms with Gasteiger partial charge in [0.2, 0.25) is 5.91 Å². The summed E-state index contributed by atoms with van der Waals surface area (Å²) in [6.07, 6.45) is -2.02. The van der Waals surface area contributed by atoms with E-state index in [4.69, 9.17) is 0 Å². The molecule has 1 aromatic carbocycles. The lowest BCUT2D eigenvalue weighted by Crippen LogP contribution is -2.47. The van der Waals surface area contributed by atoms with Gasteiger partial charge in [0.25, 0.3) is 0 Å². The number of nitrogens with one attached hydrogen (secondary N) is 2. The van der Waals surface area contributed by atoms with Gasteiger partial charge in [-0.05, 0) is 61.6 Å². The molecule has 2 saturated heterocycles. The molecule has 1 amide bonds. The summed E-state index contributed by atoms with van der Waals surface area (Å²) in [4.78, 5) is 16.8. The van der Waals surface area contributed by atoms with Crippen molar-refractivity contribution in [3.05, 3.63) is 53.3 Å². The first-order valence-electron chi connectivity index (χ1n) is 8.99. The van der Waals surface area contributed by atoms with E-state index in [9.17, 15) is 18.0 Å². The first kappa shape index (κ1) is 18.0. The van der Waals surface area contributed by atoms with Gasteiger partial charge in [-0.2, -0.15) is 13.2 Å². The lowest BCUT2D eigenvalue weighted by atomic mass is 9.96. The van der Waals surface area contributed by atoms with Crippen molar-refractivity contribution < 1.29 is 18.0 Å². The van der Waals surface area contributed by atoms with Gasteiger partial charge in [0.05, 0.1) is 17.3 Å². The standard InChI is InChI=1S/C20H20F3N3O/c1-12-10-14(13-2-4-15(5-3-13)20(21,22)23)11-17(25-12)16-6-7-19(26-16)8-9-24-18(19)27/h2-5,10-11,16,26H,6-9H2,1H3,(H,24,27). The minimum Gasteiger partial charge on any atom is -0.354 e. The van der Waals surface area contributed by atoms with Gasteiger partial charge in [-0.1, -0.05) is 12.1 Å². The fraction of sp³-hybridized carbons (Fsp3) is 0.400. The molecule has 142 valence electrons.